The van der Waals surface area contributed by atoms with Gasteiger partial charge in [-0.3, -0.25) is 4.79 Å². The lowest BCUT2D eigenvalue weighted by atomic mass is 10.1. The van der Waals surface area contributed by atoms with Gasteiger partial charge >= 0.3 is 6.18 Å². The molecule has 0 amide bonds. The standard InChI is InChI=1S/C8H5F3N4O/c9-8(10,11)6(16)2-4-1-5-7(12-3-4)14-15-13-5/h1,3H,2H2,(H,12,13,14,15). The number of H-pyrrole nitrogens is 1. The van der Waals surface area contributed by atoms with Gasteiger partial charge in [0, 0.05) is 12.6 Å². The van der Waals surface area contributed by atoms with Crippen LogP contribution in [0.5, 0.6) is 0 Å². The Morgan fingerprint density at radius 1 is 1.38 bits per heavy atom. The SMILES string of the molecule is O=C(Cc1cnc2n[nH]nc2c1)C(F)(F)F. The minimum absolute atomic E-state index is 0.156. The van der Waals surface area contributed by atoms with Crippen molar-refractivity contribution in [3.05, 3.63) is 17.8 Å². The quantitative estimate of drug-likeness (QED) is 0.836. The van der Waals surface area contributed by atoms with E-state index in [4.69, 9.17) is 0 Å². The summed E-state index contributed by atoms with van der Waals surface area (Å²) in [4.78, 5) is 14.5. The van der Waals surface area contributed by atoms with E-state index in [1.54, 1.807) is 0 Å². The van der Waals surface area contributed by atoms with Crippen LogP contribution in [0.1, 0.15) is 5.56 Å². The number of pyridine rings is 1. The van der Waals surface area contributed by atoms with E-state index >= 15 is 0 Å². The highest BCUT2D eigenvalue weighted by Gasteiger charge is 2.37. The number of ketones is 1. The summed E-state index contributed by atoms with van der Waals surface area (Å²) < 4.78 is 36.0. The molecule has 0 aromatic carbocycles. The van der Waals surface area contributed by atoms with Crippen molar-refractivity contribution in [3.8, 4) is 0 Å². The summed E-state index contributed by atoms with van der Waals surface area (Å²) in [5.74, 6) is -1.81. The molecule has 0 spiro atoms. The van der Waals surface area contributed by atoms with Gasteiger partial charge in [-0.25, -0.2) is 4.98 Å². The monoisotopic (exact) mass is 230 g/mol. The van der Waals surface area contributed by atoms with E-state index in [1.165, 1.54) is 12.3 Å². The maximum atomic E-state index is 12.0. The lowest BCUT2D eigenvalue weighted by Crippen LogP contribution is -2.24. The number of aromatic amines is 1. The normalized spacial score (nSPS) is 11.9. The van der Waals surface area contributed by atoms with Crippen molar-refractivity contribution >= 4 is 16.9 Å². The van der Waals surface area contributed by atoms with Crippen molar-refractivity contribution in [2.24, 2.45) is 0 Å². The Kier molecular flexibility index (Phi) is 2.33. The summed E-state index contributed by atoms with van der Waals surface area (Å²) in [7, 11) is 0. The fourth-order valence-corrected chi connectivity index (χ4v) is 1.16. The van der Waals surface area contributed by atoms with Crippen LogP contribution < -0.4 is 0 Å². The highest BCUT2D eigenvalue weighted by molar-refractivity contribution is 5.86. The maximum Gasteiger partial charge on any atom is 0.450 e. The Morgan fingerprint density at radius 3 is 2.81 bits per heavy atom. The number of hydrogen-bond donors (Lipinski definition) is 1. The zero-order chi connectivity index (χ0) is 11.8. The lowest BCUT2D eigenvalue weighted by molar-refractivity contribution is -0.170. The van der Waals surface area contributed by atoms with Gasteiger partial charge in [0.2, 0.25) is 11.4 Å². The van der Waals surface area contributed by atoms with Gasteiger partial charge in [0.05, 0.1) is 0 Å². The van der Waals surface area contributed by atoms with Crippen molar-refractivity contribution in [1.82, 2.24) is 20.4 Å². The molecule has 2 aromatic heterocycles. The van der Waals surface area contributed by atoms with E-state index < -0.39 is 18.4 Å². The highest BCUT2D eigenvalue weighted by atomic mass is 19.4. The molecule has 0 saturated carbocycles. The number of carbonyl (C=O) groups excluding carboxylic acids is 1. The highest BCUT2D eigenvalue weighted by Crippen LogP contribution is 2.19. The van der Waals surface area contributed by atoms with Crippen molar-refractivity contribution in [3.63, 3.8) is 0 Å². The number of fused-ring (bicyclic) bond motifs is 1. The second-order valence-corrected chi connectivity index (χ2v) is 3.11. The average Bonchev–Trinajstić information content (AvgIpc) is 2.63. The molecule has 2 aromatic rings. The van der Waals surface area contributed by atoms with Crippen LogP contribution in [0.2, 0.25) is 0 Å². The Hall–Kier alpha value is -1.99. The number of nitrogens with zero attached hydrogens (tertiary/aromatic N) is 3. The summed E-state index contributed by atoms with van der Waals surface area (Å²) in [6.07, 6.45) is -4.38. The molecule has 0 fully saturated rings. The third-order valence-corrected chi connectivity index (χ3v) is 1.91. The predicted molar refractivity (Wildman–Crippen MR) is 46.4 cm³/mol. The Morgan fingerprint density at radius 2 is 2.12 bits per heavy atom. The van der Waals surface area contributed by atoms with Gasteiger partial charge in [0.25, 0.3) is 0 Å². The van der Waals surface area contributed by atoms with E-state index in [9.17, 15) is 18.0 Å². The Labute approximate surface area is 86.7 Å². The van der Waals surface area contributed by atoms with Crippen molar-refractivity contribution < 1.29 is 18.0 Å². The van der Waals surface area contributed by atoms with Gasteiger partial charge < -0.3 is 0 Å². The van der Waals surface area contributed by atoms with Gasteiger partial charge in [-0.2, -0.15) is 23.5 Å². The Balaban J connectivity index is 2.24. The molecule has 0 aliphatic carbocycles. The molecule has 2 heterocycles. The summed E-state index contributed by atoms with van der Waals surface area (Å²) >= 11 is 0. The lowest BCUT2D eigenvalue weighted by Gasteiger charge is -2.04. The molecule has 8 heteroatoms. The smallest absolute Gasteiger partial charge is 0.289 e. The number of halogens is 3. The minimum atomic E-state index is -4.82. The molecule has 0 bridgehead atoms. The molecule has 0 saturated heterocycles. The van der Waals surface area contributed by atoms with Gasteiger partial charge in [-0.05, 0) is 11.6 Å². The molecule has 0 radical (unpaired) electrons. The molecule has 0 atom stereocenters. The number of nitrogens with one attached hydrogen (secondary N) is 1. The molecular weight excluding hydrogens is 225 g/mol. The number of rotatable bonds is 2. The van der Waals surface area contributed by atoms with Crippen LogP contribution in [-0.2, 0) is 11.2 Å². The summed E-state index contributed by atoms with van der Waals surface area (Å²) in [5.41, 5.74) is 0.777. The molecule has 0 aliphatic heterocycles. The molecule has 1 N–H and O–H groups in total. The number of hydrogen-bond acceptors (Lipinski definition) is 4. The topological polar surface area (TPSA) is 71.5 Å². The second kappa shape index (κ2) is 3.54. The number of Topliss-reactive ketones (excluding diaryl/α,β-unsaturated/α-hetero) is 1. The second-order valence-electron chi connectivity index (χ2n) is 3.11. The number of alkyl halides is 3. The predicted octanol–water partition coefficient (Wildman–Crippen LogP) is 1.03. The van der Waals surface area contributed by atoms with Crippen molar-refractivity contribution in [2.75, 3.05) is 0 Å². The molecule has 5 nitrogen and oxygen atoms in total. The van der Waals surface area contributed by atoms with Crippen LogP contribution in [0, 0.1) is 0 Å². The summed E-state index contributed by atoms with van der Waals surface area (Å²) in [6.45, 7) is 0. The molecule has 84 valence electrons. The van der Waals surface area contributed by atoms with E-state index in [-0.39, 0.29) is 5.56 Å². The third-order valence-electron chi connectivity index (χ3n) is 1.91. The zero-order valence-corrected chi connectivity index (χ0v) is 7.75. The summed E-state index contributed by atoms with van der Waals surface area (Å²) in [6, 6.07) is 1.34. The van der Waals surface area contributed by atoms with E-state index in [0.29, 0.717) is 11.2 Å². The van der Waals surface area contributed by atoms with Crippen LogP contribution >= 0.6 is 0 Å². The molecule has 0 unspecified atom stereocenters. The maximum absolute atomic E-state index is 12.0. The number of carbonyl (C=O) groups is 1. The molecule has 0 aliphatic rings. The zero-order valence-electron chi connectivity index (χ0n) is 7.75. The molecule has 16 heavy (non-hydrogen) atoms. The first kappa shape index (κ1) is 10.5. The van der Waals surface area contributed by atoms with Crippen LogP contribution in [0.15, 0.2) is 12.3 Å². The van der Waals surface area contributed by atoms with Crippen LogP contribution in [0.4, 0.5) is 13.2 Å². The summed E-state index contributed by atoms with van der Waals surface area (Å²) in [5, 5.41) is 9.57. The van der Waals surface area contributed by atoms with Gasteiger partial charge in [-0.15, -0.1) is 5.10 Å². The van der Waals surface area contributed by atoms with E-state index in [0.717, 1.165) is 0 Å². The van der Waals surface area contributed by atoms with Crippen LogP contribution in [0.3, 0.4) is 0 Å². The minimum Gasteiger partial charge on any atom is -0.289 e. The molecule has 2 rings (SSSR count). The Bertz CT molecular complexity index is 533. The van der Waals surface area contributed by atoms with Gasteiger partial charge in [0.15, 0.2) is 0 Å². The van der Waals surface area contributed by atoms with Gasteiger partial charge in [-0.1, -0.05) is 0 Å². The first-order chi connectivity index (χ1) is 7.47. The van der Waals surface area contributed by atoms with E-state index in [2.05, 4.69) is 20.4 Å². The van der Waals surface area contributed by atoms with Crippen LogP contribution in [-0.4, -0.2) is 32.4 Å². The molecular formula is C8H5F3N4O. The van der Waals surface area contributed by atoms with E-state index in [1.807, 2.05) is 0 Å². The average molecular weight is 230 g/mol. The first-order valence-electron chi connectivity index (χ1n) is 4.22. The van der Waals surface area contributed by atoms with Crippen molar-refractivity contribution in [2.45, 2.75) is 12.6 Å². The van der Waals surface area contributed by atoms with Gasteiger partial charge in [0.1, 0.15) is 5.52 Å². The largest absolute Gasteiger partial charge is 0.450 e. The first-order valence-corrected chi connectivity index (χ1v) is 4.22. The fourth-order valence-electron chi connectivity index (χ4n) is 1.16. The van der Waals surface area contributed by atoms with Crippen LogP contribution in [0.25, 0.3) is 11.2 Å². The number of aromatic nitrogens is 4. The third kappa shape index (κ3) is 2.00. The van der Waals surface area contributed by atoms with Crippen molar-refractivity contribution in [1.29, 1.82) is 0 Å². The fraction of sp³-hybridized carbons (Fsp3) is 0.250.